The molecule has 3 aromatic rings. The number of benzene rings is 3. The van der Waals surface area contributed by atoms with Crippen LogP contribution in [0.25, 0.3) is 11.1 Å². The Labute approximate surface area is 170 Å². The predicted molar refractivity (Wildman–Crippen MR) is 111 cm³/mol. The predicted octanol–water partition coefficient (Wildman–Crippen LogP) is 4.45. The fraction of sp³-hybridized carbons (Fsp3) is 0.208. The summed E-state index contributed by atoms with van der Waals surface area (Å²) in [5.74, 6) is 0.533. The molecule has 1 unspecified atom stereocenters. The molecule has 0 aliphatic carbocycles. The Morgan fingerprint density at radius 3 is 1.83 bits per heavy atom. The van der Waals surface area contributed by atoms with Crippen LogP contribution in [0.1, 0.15) is 5.56 Å². The van der Waals surface area contributed by atoms with Crippen molar-refractivity contribution in [1.29, 1.82) is 0 Å². The van der Waals surface area contributed by atoms with Crippen molar-refractivity contribution in [2.45, 2.75) is 12.5 Å². The molecule has 1 N–H and O–H groups in total. The van der Waals surface area contributed by atoms with E-state index in [0.717, 1.165) is 16.9 Å². The molecule has 3 aromatic carbocycles. The first-order valence-electron chi connectivity index (χ1n) is 9.41. The molecule has 5 nitrogen and oxygen atoms in total. The number of hydrogen-bond donors (Lipinski definition) is 1. The monoisotopic (exact) mass is 392 g/mol. The van der Waals surface area contributed by atoms with Gasteiger partial charge < -0.3 is 19.3 Å². The van der Waals surface area contributed by atoms with E-state index in [9.17, 15) is 4.79 Å². The highest BCUT2D eigenvalue weighted by Crippen LogP contribution is 2.22. The maximum absolute atomic E-state index is 11.0. The van der Waals surface area contributed by atoms with Crippen LogP contribution in [-0.2, 0) is 16.0 Å². The standard InChI is InChI=1S/C24H24O5/c1-27-23(24(25)26)17-18-7-11-21(12-8-18)28-15-16-29-22-13-9-20(10-14-22)19-5-3-2-4-6-19/h2-14,23H,15-17H2,1H3,(H,25,26). The molecule has 150 valence electrons. The van der Waals surface area contributed by atoms with Crippen molar-refractivity contribution in [2.24, 2.45) is 0 Å². The fourth-order valence-corrected chi connectivity index (χ4v) is 2.90. The van der Waals surface area contributed by atoms with Gasteiger partial charge >= 0.3 is 5.97 Å². The number of hydrogen-bond acceptors (Lipinski definition) is 4. The number of carboxylic acid groups (broad SMARTS) is 1. The first-order valence-corrected chi connectivity index (χ1v) is 9.41. The summed E-state index contributed by atoms with van der Waals surface area (Å²) >= 11 is 0. The molecule has 0 radical (unpaired) electrons. The molecule has 29 heavy (non-hydrogen) atoms. The Bertz CT molecular complexity index is 889. The van der Waals surface area contributed by atoms with Crippen LogP contribution in [0.5, 0.6) is 11.5 Å². The van der Waals surface area contributed by atoms with Gasteiger partial charge in [-0.3, -0.25) is 0 Å². The maximum atomic E-state index is 11.0. The van der Waals surface area contributed by atoms with E-state index in [1.807, 2.05) is 66.7 Å². The summed E-state index contributed by atoms with van der Waals surface area (Å²) in [6.07, 6.45) is -0.530. The summed E-state index contributed by atoms with van der Waals surface area (Å²) in [6, 6.07) is 25.5. The van der Waals surface area contributed by atoms with E-state index in [2.05, 4.69) is 12.1 Å². The smallest absolute Gasteiger partial charge is 0.333 e. The molecule has 0 heterocycles. The average Bonchev–Trinajstić information content (AvgIpc) is 2.77. The van der Waals surface area contributed by atoms with E-state index in [-0.39, 0.29) is 0 Å². The summed E-state index contributed by atoms with van der Waals surface area (Å²) in [5.41, 5.74) is 3.19. The van der Waals surface area contributed by atoms with Crippen molar-refractivity contribution >= 4 is 5.97 Å². The molecule has 5 heteroatoms. The van der Waals surface area contributed by atoms with Gasteiger partial charge in [-0.1, -0.05) is 54.6 Å². The van der Waals surface area contributed by atoms with Crippen LogP contribution in [0.15, 0.2) is 78.9 Å². The molecule has 0 saturated carbocycles. The highest BCUT2D eigenvalue weighted by molar-refractivity contribution is 5.72. The molecule has 0 fully saturated rings. The van der Waals surface area contributed by atoms with Crippen LogP contribution < -0.4 is 9.47 Å². The number of carbonyl (C=O) groups is 1. The molecule has 0 aromatic heterocycles. The van der Waals surface area contributed by atoms with Gasteiger partial charge in [0.2, 0.25) is 0 Å². The lowest BCUT2D eigenvalue weighted by Crippen LogP contribution is -2.24. The zero-order chi connectivity index (χ0) is 20.5. The fourth-order valence-electron chi connectivity index (χ4n) is 2.90. The van der Waals surface area contributed by atoms with Gasteiger partial charge in [0.05, 0.1) is 0 Å². The lowest BCUT2D eigenvalue weighted by Gasteiger charge is -2.12. The molecule has 0 bridgehead atoms. The minimum atomic E-state index is -0.971. The van der Waals surface area contributed by atoms with Crippen molar-refractivity contribution in [3.63, 3.8) is 0 Å². The van der Waals surface area contributed by atoms with Crippen LogP contribution in [0, 0.1) is 0 Å². The van der Waals surface area contributed by atoms with E-state index in [1.54, 1.807) is 0 Å². The largest absolute Gasteiger partial charge is 0.490 e. The molecule has 1 atom stereocenters. The Hall–Kier alpha value is -3.31. The SMILES string of the molecule is COC(Cc1ccc(OCCOc2ccc(-c3ccccc3)cc2)cc1)C(=O)O. The van der Waals surface area contributed by atoms with E-state index in [4.69, 9.17) is 19.3 Å². The van der Waals surface area contributed by atoms with Crippen LogP contribution in [0.4, 0.5) is 0 Å². The molecule has 0 amide bonds. The summed E-state index contributed by atoms with van der Waals surface area (Å²) in [7, 11) is 1.39. The van der Waals surface area contributed by atoms with Gasteiger partial charge in [0, 0.05) is 13.5 Å². The zero-order valence-corrected chi connectivity index (χ0v) is 16.3. The third-order valence-corrected chi connectivity index (χ3v) is 4.49. The number of carboxylic acids is 1. The van der Waals surface area contributed by atoms with Crippen molar-refractivity contribution in [3.8, 4) is 22.6 Å². The number of methoxy groups -OCH3 is 1. The summed E-state index contributed by atoms with van der Waals surface area (Å²) in [5, 5.41) is 9.04. The average molecular weight is 392 g/mol. The Kier molecular flexibility index (Phi) is 7.25. The molecular formula is C24H24O5. The Morgan fingerprint density at radius 1 is 0.793 bits per heavy atom. The second kappa shape index (κ2) is 10.3. The molecule has 0 aliphatic heterocycles. The maximum Gasteiger partial charge on any atom is 0.333 e. The van der Waals surface area contributed by atoms with Crippen LogP contribution in [0.3, 0.4) is 0 Å². The van der Waals surface area contributed by atoms with E-state index in [1.165, 1.54) is 12.7 Å². The lowest BCUT2D eigenvalue weighted by molar-refractivity contribution is -0.148. The van der Waals surface area contributed by atoms with Crippen LogP contribution in [0.2, 0.25) is 0 Å². The number of rotatable bonds is 10. The minimum absolute atomic E-state index is 0.314. The van der Waals surface area contributed by atoms with Gasteiger partial charge in [-0.15, -0.1) is 0 Å². The van der Waals surface area contributed by atoms with Crippen molar-refractivity contribution < 1.29 is 24.1 Å². The van der Waals surface area contributed by atoms with Gasteiger partial charge in [-0.05, 0) is 41.0 Å². The third kappa shape index (κ3) is 6.09. The van der Waals surface area contributed by atoms with Gasteiger partial charge in [0.25, 0.3) is 0 Å². The normalized spacial score (nSPS) is 11.6. The first kappa shape index (κ1) is 20.4. The van der Waals surface area contributed by atoms with Crippen molar-refractivity contribution in [1.82, 2.24) is 0 Å². The quantitative estimate of drug-likeness (QED) is 0.516. The van der Waals surface area contributed by atoms with Crippen molar-refractivity contribution in [3.05, 3.63) is 84.4 Å². The van der Waals surface area contributed by atoms with Crippen LogP contribution >= 0.6 is 0 Å². The highest BCUT2D eigenvalue weighted by atomic mass is 16.5. The van der Waals surface area contributed by atoms with E-state index < -0.39 is 12.1 Å². The molecule has 0 spiro atoms. The lowest BCUT2D eigenvalue weighted by atomic mass is 10.1. The first-order chi connectivity index (χ1) is 14.2. The highest BCUT2D eigenvalue weighted by Gasteiger charge is 2.16. The molecule has 0 saturated heterocycles. The number of ether oxygens (including phenoxy) is 3. The third-order valence-electron chi connectivity index (χ3n) is 4.49. The topological polar surface area (TPSA) is 65.0 Å². The Balaban J connectivity index is 1.43. The summed E-state index contributed by atoms with van der Waals surface area (Å²) in [4.78, 5) is 11.0. The second-order valence-corrected chi connectivity index (χ2v) is 6.50. The zero-order valence-electron chi connectivity index (χ0n) is 16.3. The van der Waals surface area contributed by atoms with Gasteiger partial charge in [0.15, 0.2) is 6.10 Å². The molecule has 0 aliphatic rings. The second-order valence-electron chi connectivity index (χ2n) is 6.50. The van der Waals surface area contributed by atoms with Crippen LogP contribution in [-0.4, -0.2) is 37.5 Å². The van der Waals surface area contributed by atoms with Crippen molar-refractivity contribution in [2.75, 3.05) is 20.3 Å². The Morgan fingerprint density at radius 2 is 1.31 bits per heavy atom. The minimum Gasteiger partial charge on any atom is -0.490 e. The van der Waals surface area contributed by atoms with E-state index >= 15 is 0 Å². The van der Waals surface area contributed by atoms with E-state index in [0.29, 0.717) is 25.4 Å². The number of aliphatic carboxylic acids is 1. The van der Waals surface area contributed by atoms with Gasteiger partial charge in [0.1, 0.15) is 24.7 Å². The summed E-state index contributed by atoms with van der Waals surface area (Å²) < 4.78 is 16.4. The molecule has 3 rings (SSSR count). The van der Waals surface area contributed by atoms with Gasteiger partial charge in [-0.2, -0.15) is 0 Å². The molecular weight excluding hydrogens is 368 g/mol. The summed E-state index contributed by atoms with van der Waals surface area (Å²) in [6.45, 7) is 0.840. The van der Waals surface area contributed by atoms with Gasteiger partial charge in [-0.25, -0.2) is 4.79 Å².